The zero-order valence-corrected chi connectivity index (χ0v) is 9.89. The normalized spacial score (nSPS) is 29.4. The van der Waals surface area contributed by atoms with Gasteiger partial charge in [-0.3, -0.25) is 0 Å². The number of rotatable bonds is 3. The van der Waals surface area contributed by atoms with Gasteiger partial charge in [0.2, 0.25) is 10.0 Å². The zero-order valence-electron chi connectivity index (χ0n) is 9.07. The van der Waals surface area contributed by atoms with Crippen LogP contribution in [0.4, 0.5) is 0 Å². The Hall–Kier alpha value is -0.0900. The average Bonchev–Trinajstić information content (AvgIpc) is 2.02. The van der Waals surface area contributed by atoms with Crippen molar-refractivity contribution in [3.05, 3.63) is 0 Å². The Balaban J connectivity index is 2.39. The fraction of sp³-hybridized carbons (Fsp3) is 1.00. The Labute approximate surface area is 87.1 Å². The molecule has 0 atom stereocenters. The fourth-order valence-electron chi connectivity index (χ4n) is 2.36. The molecule has 0 radical (unpaired) electrons. The Bertz CT molecular complexity index is 264. The molecule has 4 heteroatoms. The van der Waals surface area contributed by atoms with Gasteiger partial charge in [0.1, 0.15) is 0 Å². The summed E-state index contributed by atoms with van der Waals surface area (Å²) in [6, 6.07) is 0. The lowest BCUT2D eigenvalue weighted by Gasteiger charge is -2.28. The number of hydrogen-bond donors (Lipinski definition) is 1. The van der Waals surface area contributed by atoms with E-state index in [1.54, 1.807) is 0 Å². The van der Waals surface area contributed by atoms with E-state index in [9.17, 15) is 8.42 Å². The Morgan fingerprint density at radius 1 is 1.21 bits per heavy atom. The summed E-state index contributed by atoms with van der Waals surface area (Å²) >= 11 is 0. The number of nitrogens with two attached hydrogens (primary N) is 1. The molecule has 0 aromatic heterocycles. The number of sulfonamides is 1. The SMILES string of the molecule is CC(C)CC1CCC(S(N)(=O)=O)CC1. The summed E-state index contributed by atoms with van der Waals surface area (Å²) in [4.78, 5) is 0. The van der Waals surface area contributed by atoms with E-state index in [0.717, 1.165) is 25.7 Å². The largest absolute Gasteiger partial charge is 0.228 e. The van der Waals surface area contributed by atoms with Gasteiger partial charge >= 0.3 is 0 Å². The highest BCUT2D eigenvalue weighted by atomic mass is 32.2. The van der Waals surface area contributed by atoms with Crippen molar-refractivity contribution in [1.29, 1.82) is 0 Å². The molecule has 0 heterocycles. The summed E-state index contributed by atoms with van der Waals surface area (Å²) in [7, 11) is -3.28. The molecule has 1 fully saturated rings. The first kappa shape index (κ1) is 12.0. The smallest absolute Gasteiger partial charge is 0.211 e. The van der Waals surface area contributed by atoms with Gasteiger partial charge in [0.25, 0.3) is 0 Å². The van der Waals surface area contributed by atoms with E-state index < -0.39 is 10.0 Å². The Morgan fingerprint density at radius 3 is 2.07 bits per heavy atom. The summed E-state index contributed by atoms with van der Waals surface area (Å²) in [6.07, 6.45) is 4.79. The van der Waals surface area contributed by atoms with Crippen LogP contribution in [0.5, 0.6) is 0 Å². The lowest BCUT2D eigenvalue weighted by atomic mass is 9.83. The molecule has 0 aliphatic heterocycles. The van der Waals surface area contributed by atoms with E-state index in [1.807, 2.05) is 0 Å². The maximum absolute atomic E-state index is 11.1. The fourth-order valence-corrected chi connectivity index (χ4v) is 3.29. The quantitative estimate of drug-likeness (QED) is 0.788. The third-order valence-electron chi connectivity index (χ3n) is 3.06. The predicted molar refractivity (Wildman–Crippen MR) is 58.3 cm³/mol. The van der Waals surface area contributed by atoms with Crippen LogP contribution in [0, 0.1) is 11.8 Å². The monoisotopic (exact) mass is 219 g/mol. The van der Waals surface area contributed by atoms with Crippen LogP contribution in [0.25, 0.3) is 0 Å². The van der Waals surface area contributed by atoms with E-state index in [1.165, 1.54) is 6.42 Å². The highest BCUT2D eigenvalue weighted by Crippen LogP contribution is 2.31. The van der Waals surface area contributed by atoms with Crippen molar-refractivity contribution in [3.63, 3.8) is 0 Å². The van der Waals surface area contributed by atoms with Gasteiger partial charge in [-0.05, 0) is 43.9 Å². The summed E-state index contributed by atoms with van der Waals surface area (Å²) in [6.45, 7) is 4.43. The van der Waals surface area contributed by atoms with Crippen LogP contribution in [0.15, 0.2) is 0 Å². The molecule has 0 spiro atoms. The first-order chi connectivity index (χ1) is 6.39. The molecule has 0 amide bonds. The standard InChI is InChI=1S/C10H21NO2S/c1-8(2)7-9-3-5-10(6-4-9)14(11,12)13/h8-10H,3-7H2,1-2H3,(H2,11,12,13). The Kier molecular flexibility index (Phi) is 3.95. The van der Waals surface area contributed by atoms with E-state index in [2.05, 4.69) is 13.8 Å². The minimum Gasteiger partial charge on any atom is -0.228 e. The minimum absolute atomic E-state index is 0.272. The molecular formula is C10H21NO2S. The number of hydrogen-bond acceptors (Lipinski definition) is 2. The number of primary sulfonamides is 1. The molecule has 1 aliphatic rings. The molecule has 0 saturated heterocycles. The van der Waals surface area contributed by atoms with Gasteiger partial charge in [0.15, 0.2) is 0 Å². The lowest BCUT2D eigenvalue weighted by molar-refractivity contribution is 0.305. The van der Waals surface area contributed by atoms with Gasteiger partial charge in [0, 0.05) is 0 Å². The van der Waals surface area contributed by atoms with Crippen LogP contribution in [-0.4, -0.2) is 13.7 Å². The first-order valence-corrected chi connectivity index (χ1v) is 7.02. The van der Waals surface area contributed by atoms with Crippen LogP contribution in [0.1, 0.15) is 46.0 Å². The molecule has 14 heavy (non-hydrogen) atoms. The third kappa shape index (κ3) is 3.58. The van der Waals surface area contributed by atoms with Crippen molar-refractivity contribution in [2.45, 2.75) is 51.2 Å². The van der Waals surface area contributed by atoms with E-state index >= 15 is 0 Å². The van der Waals surface area contributed by atoms with Crippen molar-refractivity contribution < 1.29 is 8.42 Å². The van der Waals surface area contributed by atoms with Crippen molar-refractivity contribution in [2.24, 2.45) is 17.0 Å². The zero-order chi connectivity index (χ0) is 10.8. The second-order valence-electron chi connectivity index (χ2n) is 4.86. The average molecular weight is 219 g/mol. The predicted octanol–water partition coefficient (Wildman–Crippen LogP) is 1.88. The van der Waals surface area contributed by atoms with Crippen molar-refractivity contribution in [1.82, 2.24) is 0 Å². The van der Waals surface area contributed by atoms with Gasteiger partial charge < -0.3 is 0 Å². The highest BCUT2D eigenvalue weighted by molar-refractivity contribution is 7.89. The third-order valence-corrected chi connectivity index (χ3v) is 4.46. The van der Waals surface area contributed by atoms with Gasteiger partial charge in [-0.1, -0.05) is 13.8 Å². The van der Waals surface area contributed by atoms with Gasteiger partial charge in [0.05, 0.1) is 5.25 Å². The molecule has 1 saturated carbocycles. The van der Waals surface area contributed by atoms with Crippen LogP contribution < -0.4 is 5.14 Å². The topological polar surface area (TPSA) is 60.2 Å². The van der Waals surface area contributed by atoms with Crippen molar-refractivity contribution >= 4 is 10.0 Å². The van der Waals surface area contributed by atoms with Crippen LogP contribution >= 0.6 is 0 Å². The molecule has 0 bridgehead atoms. The second-order valence-corrected chi connectivity index (χ2v) is 6.71. The van der Waals surface area contributed by atoms with Gasteiger partial charge in [-0.25, -0.2) is 13.6 Å². The molecule has 84 valence electrons. The second kappa shape index (κ2) is 4.62. The summed E-state index contributed by atoms with van der Waals surface area (Å²) in [5, 5.41) is 4.86. The van der Waals surface area contributed by atoms with Crippen LogP contribution in [0.3, 0.4) is 0 Å². The molecule has 1 aliphatic carbocycles. The van der Waals surface area contributed by atoms with E-state index in [4.69, 9.17) is 5.14 Å². The Morgan fingerprint density at radius 2 is 1.71 bits per heavy atom. The van der Waals surface area contributed by atoms with E-state index in [-0.39, 0.29) is 5.25 Å². The first-order valence-electron chi connectivity index (χ1n) is 5.41. The molecule has 0 unspecified atom stereocenters. The summed E-state index contributed by atoms with van der Waals surface area (Å²) in [5.74, 6) is 1.43. The molecule has 0 aromatic rings. The lowest BCUT2D eigenvalue weighted by Crippen LogP contribution is -2.32. The highest BCUT2D eigenvalue weighted by Gasteiger charge is 2.28. The molecule has 3 nitrogen and oxygen atoms in total. The summed E-state index contributed by atoms with van der Waals surface area (Å²) in [5.41, 5.74) is 0. The molecule has 1 rings (SSSR count). The van der Waals surface area contributed by atoms with Crippen LogP contribution in [-0.2, 0) is 10.0 Å². The van der Waals surface area contributed by atoms with Crippen molar-refractivity contribution in [2.75, 3.05) is 0 Å². The van der Waals surface area contributed by atoms with Crippen LogP contribution in [0.2, 0.25) is 0 Å². The van der Waals surface area contributed by atoms with Gasteiger partial charge in [-0.2, -0.15) is 0 Å². The van der Waals surface area contributed by atoms with E-state index in [0.29, 0.717) is 11.8 Å². The maximum atomic E-state index is 11.1. The minimum atomic E-state index is -3.28. The molecule has 2 N–H and O–H groups in total. The molecule has 0 aromatic carbocycles. The van der Waals surface area contributed by atoms with Gasteiger partial charge in [-0.15, -0.1) is 0 Å². The summed E-state index contributed by atoms with van der Waals surface area (Å²) < 4.78 is 22.2. The van der Waals surface area contributed by atoms with Crippen molar-refractivity contribution in [3.8, 4) is 0 Å². The maximum Gasteiger partial charge on any atom is 0.211 e. The molecular weight excluding hydrogens is 198 g/mol.